The summed E-state index contributed by atoms with van der Waals surface area (Å²) in [6.45, 7) is 1.95. The Morgan fingerprint density at radius 2 is 2.14 bits per heavy atom. The number of halogens is 1. The van der Waals surface area contributed by atoms with Crippen molar-refractivity contribution in [2.45, 2.75) is 38.6 Å². The maximum Gasteiger partial charge on any atom is 0.326 e. The summed E-state index contributed by atoms with van der Waals surface area (Å²) in [7, 11) is 0. The molecule has 114 valence electrons. The smallest absolute Gasteiger partial charge is 0.326 e. The maximum absolute atomic E-state index is 12.3. The van der Waals surface area contributed by atoms with Gasteiger partial charge in [0.15, 0.2) is 0 Å². The van der Waals surface area contributed by atoms with Crippen molar-refractivity contribution in [2.24, 2.45) is 11.8 Å². The Labute approximate surface area is 133 Å². The molecule has 1 saturated carbocycles. The zero-order chi connectivity index (χ0) is 15.4. The summed E-state index contributed by atoms with van der Waals surface area (Å²) in [5.74, 6) is -1.17. The highest BCUT2D eigenvalue weighted by Crippen LogP contribution is 2.33. The van der Waals surface area contributed by atoms with Gasteiger partial charge in [-0.1, -0.05) is 35.0 Å². The first kappa shape index (κ1) is 16.0. The Morgan fingerprint density at radius 3 is 2.67 bits per heavy atom. The van der Waals surface area contributed by atoms with E-state index in [1.54, 1.807) is 0 Å². The average Bonchev–Trinajstić information content (AvgIpc) is 3.26. The molecule has 2 unspecified atom stereocenters. The molecule has 1 fully saturated rings. The molecule has 2 rings (SSSR count). The molecule has 0 saturated heterocycles. The standard InChI is InChI=1S/C16H20BrNO3/c1-2-11(8-10-4-3-5-13(17)9-10)15(19)18-14(16(20)21)12-6-7-12/h3-5,9,11-12,14H,2,6-8H2,1H3,(H,18,19)(H,20,21). The lowest BCUT2D eigenvalue weighted by molar-refractivity contribution is -0.143. The second-order valence-electron chi connectivity index (χ2n) is 5.60. The highest BCUT2D eigenvalue weighted by Gasteiger charge is 2.38. The third-order valence-electron chi connectivity index (χ3n) is 3.89. The number of hydrogen-bond acceptors (Lipinski definition) is 2. The minimum atomic E-state index is -0.928. The second-order valence-corrected chi connectivity index (χ2v) is 6.52. The molecule has 4 nitrogen and oxygen atoms in total. The van der Waals surface area contributed by atoms with Crippen LogP contribution in [-0.4, -0.2) is 23.0 Å². The summed E-state index contributed by atoms with van der Waals surface area (Å²) in [5.41, 5.74) is 1.07. The maximum atomic E-state index is 12.3. The fourth-order valence-corrected chi connectivity index (χ4v) is 2.90. The molecule has 0 radical (unpaired) electrons. The Kier molecular flexibility index (Phi) is 5.39. The monoisotopic (exact) mass is 353 g/mol. The zero-order valence-electron chi connectivity index (χ0n) is 12.0. The first-order valence-corrected chi connectivity index (χ1v) is 8.08. The molecule has 1 aliphatic carbocycles. The van der Waals surface area contributed by atoms with E-state index in [9.17, 15) is 14.7 Å². The molecule has 5 heteroatoms. The van der Waals surface area contributed by atoms with Crippen molar-refractivity contribution in [2.75, 3.05) is 0 Å². The number of carboxylic acid groups (broad SMARTS) is 1. The number of carboxylic acids is 1. The summed E-state index contributed by atoms with van der Waals surface area (Å²) in [6.07, 6.45) is 3.09. The quantitative estimate of drug-likeness (QED) is 0.791. The van der Waals surface area contributed by atoms with Crippen LogP contribution in [0.4, 0.5) is 0 Å². The Morgan fingerprint density at radius 1 is 1.43 bits per heavy atom. The Balaban J connectivity index is 1.99. The van der Waals surface area contributed by atoms with Crippen molar-refractivity contribution in [3.05, 3.63) is 34.3 Å². The van der Waals surface area contributed by atoms with Crippen molar-refractivity contribution >= 4 is 27.8 Å². The Bertz CT molecular complexity index is 528. The van der Waals surface area contributed by atoms with Crippen LogP contribution in [0.25, 0.3) is 0 Å². The minimum Gasteiger partial charge on any atom is -0.480 e. The number of carbonyl (C=O) groups is 2. The molecule has 0 heterocycles. The van der Waals surface area contributed by atoms with Crippen LogP contribution in [0.2, 0.25) is 0 Å². The van der Waals surface area contributed by atoms with Crippen molar-refractivity contribution in [3.63, 3.8) is 0 Å². The van der Waals surface area contributed by atoms with Crippen LogP contribution >= 0.6 is 15.9 Å². The Hall–Kier alpha value is -1.36. The van der Waals surface area contributed by atoms with E-state index >= 15 is 0 Å². The van der Waals surface area contributed by atoms with Crippen molar-refractivity contribution in [1.29, 1.82) is 0 Å². The topological polar surface area (TPSA) is 66.4 Å². The largest absolute Gasteiger partial charge is 0.480 e. The number of amides is 1. The van der Waals surface area contributed by atoms with Crippen molar-refractivity contribution in [1.82, 2.24) is 5.32 Å². The van der Waals surface area contributed by atoms with Crippen LogP contribution in [0, 0.1) is 11.8 Å². The van der Waals surface area contributed by atoms with E-state index in [-0.39, 0.29) is 17.7 Å². The molecule has 1 aliphatic rings. The summed E-state index contributed by atoms with van der Waals surface area (Å²) in [4.78, 5) is 23.5. The summed E-state index contributed by atoms with van der Waals surface area (Å²) in [5, 5.41) is 11.9. The zero-order valence-corrected chi connectivity index (χ0v) is 13.6. The van der Waals surface area contributed by atoms with Gasteiger partial charge >= 0.3 is 5.97 Å². The van der Waals surface area contributed by atoms with Gasteiger partial charge in [0.25, 0.3) is 0 Å². The van der Waals surface area contributed by atoms with Crippen LogP contribution in [-0.2, 0) is 16.0 Å². The summed E-state index contributed by atoms with van der Waals surface area (Å²) >= 11 is 3.42. The first-order chi connectivity index (χ1) is 10.0. The fraction of sp³-hybridized carbons (Fsp3) is 0.500. The van der Waals surface area contributed by atoms with Gasteiger partial charge in [0.05, 0.1) is 0 Å². The normalized spacial score (nSPS) is 17.0. The van der Waals surface area contributed by atoms with Crippen molar-refractivity contribution in [3.8, 4) is 0 Å². The van der Waals surface area contributed by atoms with Crippen molar-refractivity contribution < 1.29 is 14.7 Å². The van der Waals surface area contributed by atoms with E-state index in [0.717, 1.165) is 22.9 Å². The molecule has 0 spiro atoms. The van der Waals surface area contributed by atoms with Gasteiger partial charge in [-0.25, -0.2) is 4.79 Å². The van der Waals surface area contributed by atoms with Crippen LogP contribution < -0.4 is 5.32 Å². The number of benzene rings is 1. The predicted molar refractivity (Wildman–Crippen MR) is 83.9 cm³/mol. The number of aliphatic carboxylic acids is 1. The number of carbonyl (C=O) groups excluding carboxylic acids is 1. The first-order valence-electron chi connectivity index (χ1n) is 7.29. The third-order valence-corrected chi connectivity index (χ3v) is 4.39. The number of rotatable bonds is 7. The molecule has 2 N–H and O–H groups in total. The van der Waals surface area contributed by atoms with E-state index in [0.29, 0.717) is 12.8 Å². The van der Waals surface area contributed by atoms with Gasteiger partial charge in [0.2, 0.25) is 5.91 Å². The van der Waals surface area contributed by atoms with Gasteiger partial charge < -0.3 is 10.4 Å². The van der Waals surface area contributed by atoms with E-state index in [2.05, 4.69) is 21.2 Å². The van der Waals surface area contributed by atoms with Gasteiger partial charge in [-0.15, -0.1) is 0 Å². The van der Waals surface area contributed by atoms with E-state index in [4.69, 9.17) is 0 Å². The van der Waals surface area contributed by atoms with Crippen LogP contribution in [0.1, 0.15) is 31.7 Å². The fourth-order valence-electron chi connectivity index (χ4n) is 2.45. The van der Waals surface area contributed by atoms with Gasteiger partial charge in [-0.3, -0.25) is 4.79 Å². The average molecular weight is 354 g/mol. The van der Waals surface area contributed by atoms with Gasteiger partial charge in [-0.2, -0.15) is 0 Å². The SMILES string of the molecule is CCC(Cc1cccc(Br)c1)C(=O)NC(C(=O)O)C1CC1. The molecule has 2 atom stereocenters. The second kappa shape index (κ2) is 7.07. The van der Waals surface area contributed by atoms with Gasteiger partial charge in [0.1, 0.15) is 6.04 Å². The molecule has 21 heavy (non-hydrogen) atoms. The molecule has 0 aliphatic heterocycles. The summed E-state index contributed by atoms with van der Waals surface area (Å²) < 4.78 is 0.983. The third kappa shape index (κ3) is 4.56. The predicted octanol–water partition coefficient (Wildman–Crippen LogP) is 3.00. The summed E-state index contributed by atoms with van der Waals surface area (Å²) in [6, 6.07) is 7.13. The number of hydrogen-bond donors (Lipinski definition) is 2. The van der Waals surface area contributed by atoms with Crippen LogP contribution in [0.5, 0.6) is 0 Å². The van der Waals surface area contributed by atoms with E-state index in [1.807, 2.05) is 31.2 Å². The van der Waals surface area contributed by atoms with Crippen LogP contribution in [0.3, 0.4) is 0 Å². The molecule has 1 amide bonds. The minimum absolute atomic E-state index is 0.106. The highest BCUT2D eigenvalue weighted by molar-refractivity contribution is 9.10. The molecule has 0 bridgehead atoms. The highest BCUT2D eigenvalue weighted by atomic mass is 79.9. The molecule has 1 aromatic rings. The molecular formula is C16H20BrNO3. The van der Waals surface area contributed by atoms with E-state index < -0.39 is 12.0 Å². The molecule has 0 aromatic heterocycles. The van der Waals surface area contributed by atoms with Crippen LogP contribution in [0.15, 0.2) is 28.7 Å². The van der Waals surface area contributed by atoms with Gasteiger partial charge in [-0.05, 0) is 49.3 Å². The van der Waals surface area contributed by atoms with E-state index in [1.165, 1.54) is 0 Å². The molecular weight excluding hydrogens is 334 g/mol. The number of nitrogens with one attached hydrogen (secondary N) is 1. The molecule has 1 aromatic carbocycles. The lowest BCUT2D eigenvalue weighted by atomic mass is 9.95. The van der Waals surface area contributed by atoms with Gasteiger partial charge in [0, 0.05) is 10.4 Å². The lowest BCUT2D eigenvalue weighted by Gasteiger charge is -2.19. The lowest BCUT2D eigenvalue weighted by Crippen LogP contribution is -2.45.